The van der Waals surface area contributed by atoms with Crippen molar-refractivity contribution >= 4 is 24.3 Å². The SMILES string of the molecule is COP(O)(=S)O[C@H]1CC[C@@]2(C)C(=CC[C@@H]3[C@@H]2CC[C@]2(C)C(=O)CC[C@@H]32)C1. The smallest absolute Gasteiger partial charge is 0.324 e. The molecule has 3 fully saturated rings. The van der Waals surface area contributed by atoms with Gasteiger partial charge in [0.25, 0.3) is 0 Å². The van der Waals surface area contributed by atoms with E-state index >= 15 is 0 Å². The predicted molar refractivity (Wildman–Crippen MR) is 105 cm³/mol. The fourth-order valence-electron chi connectivity index (χ4n) is 6.72. The molecule has 26 heavy (non-hydrogen) atoms. The van der Waals surface area contributed by atoms with E-state index in [1.165, 1.54) is 19.1 Å². The van der Waals surface area contributed by atoms with E-state index in [1.807, 2.05) is 0 Å². The zero-order valence-corrected chi connectivity index (χ0v) is 17.8. The van der Waals surface area contributed by atoms with Crippen LogP contribution in [0.3, 0.4) is 0 Å². The van der Waals surface area contributed by atoms with E-state index < -0.39 is 6.72 Å². The van der Waals surface area contributed by atoms with Crippen LogP contribution in [0.15, 0.2) is 11.6 Å². The first-order chi connectivity index (χ1) is 12.2. The molecule has 0 saturated heterocycles. The number of allylic oxidation sites excluding steroid dienone is 1. The highest BCUT2D eigenvalue weighted by molar-refractivity contribution is 8.07. The van der Waals surface area contributed by atoms with E-state index in [0.717, 1.165) is 44.9 Å². The van der Waals surface area contributed by atoms with Crippen molar-refractivity contribution in [3.63, 3.8) is 0 Å². The number of rotatable bonds is 3. The molecule has 0 aromatic rings. The maximum Gasteiger partial charge on any atom is 0.324 e. The molecular formula is C20H31O4PS. The van der Waals surface area contributed by atoms with Crippen LogP contribution in [-0.2, 0) is 25.6 Å². The van der Waals surface area contributed by atoms with E-state index in [-0.39, 0.29) is 16.9 Å². The highest BCUT2D eigenvalue weighted by atomic mass is 32.5. The molecule has 0 amide bonds. The second kappa shape index (κ2) is 6.49. The molecule has 1 N–H and O–H groups in total. The quantitative estimate of drug-likeness (QED) is 0.548. The van der Waals surface area contributed by atoms with Crippen molar-refractivity contribution < 1.29 is 18.7 Å². The third kappa shape index (κ3) is 2.90. The Morgan fingerprint density at radius 1 is 1.19 bits per heavy atom. The Morgan fingerprint density at radius 3 is 2.62 bits per heavy atom. The first kappa shape index (κ1) is 19.3. The Kier molecular flexibility index (Phi) is 4.81. The maximum absolute atomic E-state index is 12.5. The molecule has 0 radical (unpaired) electrons. The monoisotopic (exact) mass is 398 g/mol. The first-order valence-corrected chi connectivity index (χ1v) is 12.6. The molecule has 0 bridgehead atoms. The molecule has 0 aromatic heterocycles. The van der Waals surface area contributed by atoms with Gasteiger partial charge in [-0.25, -0.2) is 0 Å². The average molecular weight is 399 g/mol. The van der Waals surface area contributed by atoms with Gasteiger partial charge in [-0.05, 0) is 79.9 Å². The standard InChI is InChI=1S/C20H31O4PS/c1-19-10-8-14(24-25(22,26)23-3)12-13(19)4-5-15-16-6-7-18(21)20(16,2)11-9-17(15)19/h4,14-17H,5-12H2,1-3H3,(H,22,26)/t14-,15-,16-,17-,19-,20-,25?/m0/s1. The van der Waals surface area contributed by atoms with E-state index in [0.29, 0.717) is 23.5 Å². The topological polar surface area (TPSA) is 55.8 Å². The summed E-state index contributed by atoms with van der Waals surface area (Å²) in [4.78, 5) is 22.5. The Morgan fingerprint density at radius 2 is 1.88 bits per heavy atom. The largest absolute Gasteiger partial charge is 0.324 e. The summed E-state index contributed by atoms with van der Waals surface area (Å²) < 4.78 is 10.7. The summed E-state index contributed by atoms with van der Waals surface area (Å²) in [6.07, 6.45) is 10.4. The number of ketones is 1. The molecule has 1 unspecified atom stereocenters. The van der Waals surface area contributed by atoms with Crippen molar-refractivity contribution in [2.24, 2.45) is 28.6 Å². The molecule has 4 nitrogen and oxygen atoms in total. The first-order valence-electron chi connectivity index (χ1n) is 9.99. The molecule has 4 aliphatic rings. The molecule has 7 atom stereocenters. The summed E-state index contributed by atoms with van der Waals surface area (Å²) in [6, 6.07) is 0. The van der Waals surface area contributed by atoms with Crippen molar-refractivity contribution in [3.8, 4) is 0 Å². The second-order valence-electron chi connectivity index (χ2n) is 9.30. The summed E-state index contributed by atoms with van der Waals surface area (Å²) in [5.41, 5.74) is 1.63. The summed E-state index contributed by atoms with van der Waals surface area (Å²) in [6.45, 7) is 1.56. The summed E-state index contributed by atoms with van der Waals surface area (Å²) in [7, 11) is 1.42. The molecular weight excluding hydrogens is 367 g/mol. The second-order valence-corrected chi connectivity index (χ2v) is 12.2. The molecule has 6 heteroatoms. The maximum atomic E-state index is 12.5. The van der Waals surface area contributed by atoms with E-state index in [2.05, 4.69) is 19.9 Å². The summed E-state index contributed by atoms with van der Waals surface area (Å²) in [5.74, 6) is 2.39. The molecule has 4 aliphatic carbocycles. The van der Waals surface area contributed by atoms with E-state index in [9.17, 15) is 9.69 Å². The van der Waals surface area contributed by atoms with Crippen molar-refractivity contribution in [1.29, 1.82) is 0 Å². The molecule has 3 saturated carbocycles. The molecule has 0 aliphatic heterocycles. The van der Waals surface area contributed by atoms with Gasteiger partial charge in [-0.15, -0.1) is 0 Å². The van der Waals surface area contributed by atoms with Gasteiger partial charge in [0.1, 0.15) is 5.78 Å². The van der Waals surface area contributed by atoms with Gasteiger partial charge >= 0.3 is 6.72 Å². The lowest BCUT2D eigenvalue weighted by Gasteiger charge is -2.57. The minimum absolute atomic E-state index is 0.0384. The Bertz CT molecular complexity index is 691. The number of hydrogen-bond donors (Lipinski definition) is 1. The number of carbonyl (C=O) groups excluding carboxylic acids is 1. The van der Waals surface area contributed by atoms with Gasteiger partial charge < -0.3 is 13.9 Å². The van der Waals surface area contributed by atoms with E-state index in [1.54, 1.807) is 0 Å². The molecule has 4 rings (SSSR count). The molecule has 0 spiro atoms. The van der Waals surface area contributed by atoms with Crippen LogP contribution in [-0.4, -0.2) is 23.9 Å². The zero-order valence-electron chi connectivity index (χ0n) is 16.1. The van der Waals surface area contributed by atoms with E-state index in [4.69, 9.17) is 20.9 Å². The molecule has 146 valence electrons. The van der Waals surface area contributed by atoms with Crippen LogP contribution >= 0.6 is 6.72 Å². The van der Waals surface area contributed by atoms with Gasteiger partial charge in [0.05, 0.1) is 6.10 Å². The van der Waals surface area contributed by atoms with Crippen LogP contribution in [0.1, 0.15) is 65.2 Å². The lowest BCUT2D eigenvalue weighted by atomic mass is 9.48. The Balaban J connectivity index is 1.56. The fraction of sp³-hybridized carbons (Fsp3) is 0.850. The lowest BCUT2D eigenvalue weighted by Crippen LogP contribution is -2.50. The minimum Gasteiger partial charge on any atom is -0.324 e. The summed E-state index contributed by atoms with van der Waals surface area (Å²) in [5, 5.41) is 0. The minimum atomic E-state index is -3.10. The van der Waals surface area contributed by atoms with Crippen molar-refractivity contribution in [2.45, 2.75) is 71.3 Å². The highest BCUT2D eigenvalue weighted by Gasteiger charge is 2.58. The van der Waals surface area contributed by atoms with Gasteiger partial charge in [-0.3, -0.25) is 4.79 Å². The number of carbonyl (C=O) groups is 1. The van der Waals surface area contributed by atoms with Gasteiger partial charge in [0, 0.05) is 18.9 Å². The predicted octanol–water partition coefficient (Wildman–Crippen LogP) is 4.77. The van der Waals surface area contributed by atoms with Crippen LogP contribution in [0.4, 0.5) is 0 Å². The van der Waals surface area contributed by atoms with Gasteiger partial charge in [-0.2, -0.15) is 0 Å². The third-order valence-electron chi connectivity index (χ3n) is 8.28. The fourth-order valence-corrected chi connectivity index (χ4v) is 7.73. The normalized spacial score (nSPS) is 47.4. The number of Topliss-reactive ketones (excluding diaryl/α,β-unsaturated/α-hetero) is 1. The number of fused-ring (bicyclic) bond motifs is 5. The van der Waals surface area contributed by atoms with Crippen molar-refractivity contribution in [3.05, 3.63) is 11.6 Å². The average Bonchev–Trinajstić information content (AvgIpc) is 2.90. The Labute approximate surface area is 162 Å². The number of hydrogen-bond acceptors (Lipinski definition) is 4. The zero-order chi connectivity index (χ0) is 18.7. The van der Waals surface area contributed by atoms with Crippen LogP contribution in [0.5, 0.6) is 0 Å². The lowest BCUT2D eigenvalue weighted by molar-refractivity contribution is -0.131. The van der Waals surface area contributed by atoms with Gasteiger partial charge in [0.2, 0.25) is 0 Å². The van der Waals surface area contributed by atoms with Gasteiger partial charge in [0.15, 0.2) is 0 Å². The third-order valence-corrected chi connectivity index (χ3v) is 10.0. The highest BCUT2D eigenvalue weighted by Crippen LogP contribution is 2.64. The van der Waals surface area contributed by atoms with Crippen molar-refractivity contribution in [2.75, 3.05) is 7.11 Å². The van der Waals surface area contributed by atoms with Crippen LogP contribution < -0.4 is 0 Å². The van der Waals surface area contributed by atoms with Crippen LogP contribution in [0.2, 0.25) is 0 Å². The van der Waals surface area contributed by atoms with Crippen LogP contribution in [0.25, 0.3) is 0 Å². The Hall–Kier alpha value is -0.0600. The van der Waals surface area contributed by atoms with Gasteiger partial charge in [-0.1, -0.05) is 25.5 Å². The molecule has 0 aromatic carbocycles. The van der Waals surface area contributed by atoms with Crippen LogP contribution in [0, 0.1) is 28.6 Å². The summed E-state index contributed by atoms with van der Waals surface area (Å²) >= 11 is 5.04. The van der Waals surface area contributed by atoms with Crippen molar-refractivity contribution in [1.82, 2.24) is 0 Å². The molecule has 0 heterocycles.